The SMILES string of the molecule is CC1OC[C@@H](O)[C@@H]([C@H](O)[C@@H](O)C=O)O1. The topological polar surface area (TPSA) is 96.2 Å². The Bertz CT molecular complexity index is 196. The summed E-state index contributed by atoms with van der Waals surface area (Å²) in [5.74, 6) is 0. The highest BCUT2D eigenvalue weighted by Crippen LogP contribution is 2.17. The van der Waals surface area contributed by atoms with Crippen LogP contribution in [0.4, 0.5) is 0 Å². The van der Waals surface area contributed by atoms with E-state index >= 15 is 0 Å². The Hall–Kier alpha value is -0.530. The van der Waals surface area contributed by atoms with Crippen LogP contribution < -0.4 is 0 Å². The van der Waals surface area contributed by atoms with Gasteiger partial charge in [-0.1, -0.05) is 0 Å². The quantitative estimate of drug-likeness (QED) is 0.463. The largest absolute Gasteiger partial charge is 0.388 e. The van der Waals surface area contributed by atoms with Gasteiger partial charge in [0.05, 0.1) is 6.61 Å². The highest BCUT2D eigenvalue weighted by atomic mass is 16.7. The zero-order valence-corrected chi connectivity index (χ0v) is 7.74. The molecule has 1 unspecified atom stereocenters. The molecular formula is C8H14O6. The summed E-state index contributed by atoms with van der Waals surface area (Å²) in [7, 11) is 0. The van der Waals surface area contributed by atoms with Crippen LogP contribution in [0.3, 0.4) is 0 Å². The van der Waals surface area contributed by atoms with Gasteiger partial charge in [-0.3, -0.25) is 0 Å². The summed E-state index contributed by atoms with van der Waals surface area (Å²) in [6, 6.07) is 0. The second-order valence-corrected chi connectivity index (χ2v) is 3.19. The van der Waals surface area contributed by atoms with Crippen molar-refractivity contribution in [1.82, 2.24) is 0 Å². The van der Waals surface area contributed by atoms with E-state index in [9.17, 15) is 15.0 Å². The third kappa shape index (κ3) is 2.49. The van der Waals surface area contributed by atoms with E-state index in [1.807, 2.05) is 0 Å². The number of hydrogen-bond donors (Lipinski definition) is 3. The summed E-state index contributed by atoms with van der Waals surface area (Å²) in [6.45, 7) is 1.60. The van der Waals surface area contributed by atoms with Crippen LogP contribution in [0.25, 0.3) is 0 Å². The van der Waals surface area contributed by atoms with E-state index < -0.39 is 30.7 Å². The average Bonchev–Trinajstić information content (AvgIpc) is 2.19. The number of aliphatic hydroxyl groups excluding tert-OH is 3. The molecule has 0 aliphatic carbocycles. The first kappa shape index (κ1) is 11.5. The van der Waals surface area contributed by atoms with Crippen LogP contribution in [-0.4, -0.2) is 58.9 Å². The molecule has 0 aromatic rings. The first-order valence-corrected chi connectivity index (χ1v) is 4.33. The Balaban J connectivity index is 2.59. The first-order valence-electron chi connectivity index (χ1n) is 4.33. The molecule has 5 atom stereocenters. The van der Waals surface area contributed by atoms with Crippen molar-refractivity contribution in [3.63, 3.8) is 0 Å². The Morgan fingerprint density at radius 2 is 2.14 bits per heavy atom. The Kier molecular flexibility index (Phi) is 3.97. The summed E-state index contributed by atoms with van der Waals surface area (Å²) >= 11 is 0. The molecule has 6 heteroatoms. The van der Waals surface area contributed by atoms with Gasteiger partial charge >= 0.3 is 0 Å². The highest BCUT2D eigenvalue weighted by molar-refractivity contribution is 5.56. The Morgan fingerprint density at radius 3 is 2.71 bits per heavy atom. The van der Waals surface area contributed by atoms with Crippen LogP contribution in [-0.2, 0) is 14.3 Å². The van der Waals surface area contributed by atoms with Crippen LogP contribution in [0.2, 0.25) is 0 Å². The van der Waals surface area contributed by atoms with Gasteiger partial charge in [0, 0.05) is 0 Å². The molecule has 14 heavy (non-hydrogen) atoms. The van der Waals surface area contributed by atoms with Crippen LogP contribution in [0, 0.1) is 0 Å². The normalized spacial score (nSPS) is 37.6. The summed E-state index contributed by atoms with van der Waals surface area (Å²) in [4.78, 5) is 10.2. The van der Waals surface area contributed by atoms with Crippen LogP contribution >= 0.6 is 0 Å². The minimum absolute atomic E-state index is 0.00840. The molecule has 1 fully saturated rings. The lowest BCUT2D eigenvalue weighted by molar-refractivity contribution is -0.270. The smallest absolute Gasteiger partial charge is 0.155 e. The van der Waals surface area contributed by atoms with Gasteiger partial charge in [-0.15, -0.1) is 0 Å². The molecule has 1 heterocycles. The first-order chi connectivity index (χ1) is 6.56. The van der Waals surface area contributed by atoms with Crippen molar-refractivity contribution in [2.45, 2.75) is 37.6 Å². The third-order valence-corrected chi connectivity index (χ3v) is 2.06. The van der Waals surface area contributed by atoms with E-state index in [2.05, 4.69) is 0 Å². The average molecular weight is 206 g/mol. The minimum atomic E-state index is -1.56. The van der Waals surface area contributed by atoms with Crippen molar-refractivity contribution < 1.29 is 29.6 Å². The number of rotatable bonds is 3. The molecule has 0 aromatic carbocycles. The number of ether oxygens (including phenoxy) is 2. The van der Waals surface area contributed by atoms with Crippen molar-refractivity contribution in [2.75, 3.05) is 6.61 Å². The number of aldehydes is 1. The lowest BCUT2D eigenvalue weighted by atomic mass is 10.0. The molecule has 1 saturated heterocycles. The fraction of sp³-hybridized carbons (Fsp3) is 0.875. The van der Waals surface area contributed by atoms with Crippen molar-refractivity contribution in [3.8, 4) is 0 Å². The van der Waals surface area contributed by atoms with Crippen molar-refractivity contribution in [3.05, 3.63) is 0 Å². The molecule has 0 bridgehead atoms. The molecule has 0 spiro atoms. The molecule has 0 saturated carbocycles. The summed E-state index contributed by atoms with van der Waals surface area (Å²) < 4.78 is 9.97. The fourth-order valence-corrected chi connectivity index (χ4v) is 1.26. The van der Waals surface area contributed by atoms with Gasteiger partial charge in [0.2, 0.25) is 0 Å². The monoisotopic (exact) mass is 206 g/mol. The lowest BCUT2D eigenvalue weighted by Gasteiger charge is -2.35. The molecular weight excluding hydrogens is 192 g/mol. The van der Waals surface area contributed by atoms with Crippen molar-refractivity contribution in [2.24, 2.45) is 0 Å². The van der Waals surface area contributed by atoms with E-state index in [4.69, 9.17) is 14.6 Å². The van der Waals surface area contributed by atoms with Gasteiger partial charge in [0.15, 0.2) is 12.6 Å². The van der Waals surface area contributed by atoms with E-state index in [0.717, 1.165) is 0 Å². The van der Waals surface area contributed by atoms with E-state index in [-0.39, 0.29) is 12.9 Å². The highest BCUT2D eigenvalue weighted by Gasteiger charge is 2.37. The fourth-order valence-electron chi connectivity index (χ4n) is 1.26. The molecule has 1 rings (SSSR count). The number of carbonyl (C=O) groups is 1. The molecule has 0 amide bonds. The minimum Gasteiger partial charge on any atom is -0.388 e. The van der Waals surface area contributed by atoms with Gasteiger partial charge < -0.3 is 29.6 Å². The van der Waals surface area contributed by atoms with Crippen LogP contribution in [0.15, 0.2) is 0 Å². The lowest BCUT2D eigenvalue weighted by Crippen LogP contribution is -2.53. The molecule has 3 N–H and O–H groups in total. The maximum Gasteiger partial charge on any atom is 0.155 e. The maximum atomic E-state index is 10.2. The van der Waals surface area contributed by atoms with Gasteiger partial charge in [-0.05, 0) is 6.92 Å². The molecule has 82 valence electrons. The Labute approximate surface area is 81.1 Å². The maximum absolute atomic E-state index is 10.2. The number of aliphatic hydroxyl groups is 3. The second-order valence-electron chi connectivity index (χ2n) is 3.19. The van der Waals surface area contributed by atoms with Crippen molar-refractivity contribution in [1.29, 1.82) is 0 Å². The van der Waals surface area contributed by atoms with Gasteiger partial charge in [0.1, 0.15) is 24.4 Å². The predicted molar refractivity (Wildman–Crippen MR) is 44.4 cm³/mol. The van der Waals surface area contributed by atoms with E-state index in [1.165, 1.54) is 0 Å². The van der Waals surface area contributed by atoms with Crippen molar-refractivity contribution >= 4 is 6.29 Å². The number of hydrogen-bond acceptors (Lipinski definition) is 6. The molecule has 1 aliphatic rings. The third-order valence-electron chi connectivity index (χ3n) is 2.06. The molecule has 1 aliphatic heterocycles. The van der Waals surface area contributed by atoms with Gasteiger partial charge in [-0.2, -0.15) is 0 Å². The zero-order valence-electron chi connectivity index (χ0n) is 7.74. The predicted octanol–water partition coefficient (Wildman–Crippen LogP) is -1.97. The Morgan fingerprint density at radius 1 is 1.50 bits per heavy atom. The molecule has 0 aromatic heterocycles. The molecule has 0 radical (unpaired) electrons. The molecule has 6 nitrogen and oxygen atoms in total. The standard InChI is InChI=1S/C8H14O6/c1-4-13-3-6(11)8(14-4)7(12)5(10)2-9/h2,4-8,10-12H,3H2,1H3/t4?,5-,6+,7+,8-/m0/s1. The number of carbonyl (C=O) groups excluding carboxylic acids is 1. The van der Waals surface area contributed by atoms with E-state index in [1.54, 1.807) is 6.92 Å². The zero-order chi connectivity index (χ0) is 10.7. The van der Waals surface area contributed by atoms with Gasteiger partial charge in [-0.25, -0.2) is 0 Å². The summed E-state index contributed by atoms with van der Waals surface area (Å²) in [5, 5.41) is 27.8. The van der Waals surface area contributed by atoms with E-state index in [0.29, 0.717) is 0 Å². The summed E-state index contributed by atoms with van der Waals surface area (Å²) in [6.07, 6.45) is -5.42. The van der Waals surface area contributed by atoms with Crippen LogP contribution in [0.5, 0.6) is 0 Å². The van der Waals surface area contributed by atoms with Crippen LogP contribution in [0.1, 0.15) is 6.92 Å². The second kappa shape index (κ2) is 4.81. The summed E-state index contributed by atoms with van der Waals surface area (Å²) in [5.41, 5.74) is 0. The van der Waals surface area contributed by atoms with Gasteiger partial charge in [0.25, 0.3) is 0 Å².